The molecule has 0 atom stereocenters. The summed E-state index contributed by atoms with van der Waals surface area (Å²) >= 11 is 7.51. The fourth-order valence-corrected chi connectivity index (χ4v) is 2.83. The van der Waals surface area contributed by atoms with E-state index in [2.05, 4.69) is 23.5 Å². The molecular weight excluding hydrogens is 278 g/mol. The van der Waals surface area contributed by atoms with E-state index >= 15 is 0 Å². The molecule has 1 aromatic heterocycles. The second-order valence-electron chi connectivity index (χ2n) is 4.62. The third-order valence-electron chi connectivity index (χ3n) is 2.53. The third-order valence-corrected chi connectivity index (χ3v) is 3.76. The van der Waals surface area contributed by atoms with E-state index in [0.717, 1.165) is 23.2 Å². The van der Waals surface area contributed by atoms with Crippen LogP contribution < -0.4 is 10.1 Å². The molecule has 19 heavy (non-hydrogen) atoms. The molecule has 0 aliphatic carbocycles. The molecule has 2 rings (SSSR count). The van der Waals surface area contributed by atoms with Crippen LogP contribution in [0.5, 0.6) is 5.75 Å². The number of ether oxygens (including phenoxy) is 1. The minimum atomic E-state index is 0.205. The largest absolute Gasteiger partial charge is 0.491 e. The molecule has 1 aromatic carbocycles. The van der Waals surface area contributed by atoms with Crippen LogP contribution in [0.15, 0.2) is 36.4 Å². The van der Waals surface area contributed by atoms with E-state index in [4.69, 9.17) is 16.3 Å². The molecule has 0 amide bonds. The topological polar surface area (TPSA) is 21.3 Å². The van der Waals surface area contributed by atoms with Crippen LogP contribution in [0.3, 0.4) is 0 Å². The number of rotatable bonds is 6. The lowest BCUT2D eigenvalue weighted by Gasteiger charge is -2.11. The van der Waals surface area contributed by atoms with Gasteiger partial charge in [-0.25, -0.2) is 0 Å². The van der Waals surface area contributed by atoms with Gasteiger partial charge in [0.2, 0.25) is 0 Å². The SMILES string of the molecule is CC(C)Oc1cccc(CNCc2ccc(Cl)s2)c1. The maximum atomic E-state index is 5.90. The maximum absolute atomic E-state index is 5.90. The van der Waals surface area contributed by atoms with Gasteiger partial charge in [-0.05, 0) is 43.7 Å². The summed E-state index contributed by atoms with van der Waals surface area (Å²) in [5, 5.41) is 3.41. The normalized spacial score (nSPS) is 10.9. The van der Waals surface area contributed by atoms with Crippen molar-refractivity contribution >= 4 is 22.9 Å². The predicted molar refractivity (Wildman–Crippen MR) is 82.1 cm³/mol. The highest BCUT2D eigenvalue weighted by Gasteiger charge is 2.01. The van der Waals surface area contributed by atoms with E-state index in [0.29, 0.717) is 0 Å². The predicted octanol–water partition coefficient (Wildman–Crippen LogP) is 4.48. The zero-order chi connectivity index (χ0) is 13.7. The number of hydrogen-bond acceptors (Lipinski definition) is 3. The van der Waals surface area contributed by atoms with Gasteiger partial charge < -0.3 is 10.1 Å². The molecule has 0 spiro atoms. The summed E-state index contributed by atoms with van der Waals surface area (Å²) in [5.74, 6) is 0.925. The Labute approximate surface area is 123 Å². The van der Waals surface area contributed by atoms with E-state index < -0.39 is 0 Å². The fourth-order valence-electron chi connectivity index (χ4n) is 1.78. The van der Waals surface area contributed by atoms with Gasteiger partial charge in [0.05, 0.1) is 10.4 Å². The van der Waals surface area contributed by atoms with Crippen molar-refractivity contribution in [2.24, 2.45) is 0 Å². The Morgan fingerprint density at radius 3 is 2.74 bits per heavy atom. The van der Waals surface area contributed by atoms with Crippen molar-refractivity contribution in [1.29, 1.82) is 0 Å². The van der Waals surface area contributed by atoms with Crippen molar-refractivity contribution in [2.45, 2.75) is 33.0 Å². The lowest BCUT2D eigenvalue weighted by molar-refractivity contribution is 0.242. The first-order valence-electron chi connectivity index (χ1n) is 6.34. The first kappa shape index (κ1) is 14.4. The maximum Gasteiger partial charge on any atom is 0.120 e. The highest BCUT2D eigenvalue weighted by molar-refractivity contribution is 7.16. The van der Waals surface area contributed by atoms with Crippen LogP contribution in [0.2, 0.25) is 4.34 Å². The third kappa shape index (κ3) is 4.86. The summed E-state index contributed by atoms with van der Waals surface area (Å²) in [6.07, 6.45) is 0.205. The summed E-state index contributed by atoms with van der Waals surface area (Å²) in [6, 6.07) is 12.2. The van der Waals surface area contributed by atoms with Gasteiger partial charge >= 0.3 is 0 Å². The molecule has 0 bridgehead atoms. The van der Waals surface area contributed by atoms with Crippen LogP contribution in [0.1, 0.15) is 24.3 Å². The molecule has 0 unspecified atom stereocenters. The molecule has 0 fully saturated rings. The van der Waals surface area contributed by atoms with Gasteiger partial charge in [-0.15, -0.1) is 11.3 Å². The highest BCUT2D eigenvalue weighted by atomic mass is 35.5. The molecule has 1 N–H and O–H groups in total. The van der Waals surface area contributed by atoms with Crippen molar-refractivity contribution in [3.63, 3.8) is 0 Å². The Morgan fingerprint density at radius 1 is 1.21 bits per heavy atom. The van der Waals surface area contributed by atoms with Gasteiger partial charge in [0.25, 0.3) is 0 Å². The van der Waals surface area contributed by atoms with Crippen LogP contribution in [0.4, 0.5) is 0 Å². The van der Waals surface area contributed by atoms with Crippen LogP contribution in [-0.2, 0) is 13.1 Å². The number of benzene rings is 1. The van der Waals surface area contributed by atoms with E-state index in [1.54, 1.807) is 11.3 Å². The van der Waals surface area contributed by atoms with Crippen molar-refractivity contribution in [1.82, 2.24) is 5.32 Å². The second kappa shape index (κ2) is 6.94. The lowest BCUT2D eigenvalue weighted by atomic mass is 10.2. The Bertz CT molecular complexity index is 524. The summed E-state index contributed by atoms with van der Waals surface area (Å²) in [6.45, 7) is 5.73. The van der Waals surface area contributed by atoms with Crippen LogP contribution in [0, 0.1) is 0 Å². The lowest BCUT2D eigenvalue weighted by Crippen LogP contribution is -2.12. The van der Waals surface area contributed by atoms with Crippen molar-refractivity contribution in [2.75, 3.05) is 0 Å². The van der Waals surface area contributed by atoms with Gasteiger partial charge in [-0.3, -0.25) is 0 Å². The van der Waals surface area contributed by atoms with Gasteiger partial charge in [-0.2, -0.15) is 0 Å². The minimum absolute atomic E-state index is 0.205. The molecule has 0 aliphatic rings. The summed E-state index contributed by atoms with van der Waals surface area (Å²) in [5.41, 5.74) is 1.22. The minimum Gasteiger partial charge on any atom is -0.491 e. The van der Waals surface area contributed by atoms with Crippen molar-refractivity contribution in [3.05, 3.63) is 51.2 Å². The molecule has 2 aromatic rings. The first-order chi connectivity index (χ1) is 9.13. The zero-order valence-electron chi connectivity index (χ0n) is 11.2. The van der Waals surface area contributed by atoms with E-state index in [-0.39, 0.29) is 6.10 Å². The average molecular weight is 296 g/mol. The highest BCUT2D eigenvalue weighted by Crippen LogP contribution is 2.21. The summed E-state index contributed by atoms with van der Waals surface area (Å²) in [7, 11) is 0. The molecule has 1 heterocycles. The summed E-state index contributed by atoms with van der Waals surface area (Å²) in [4.78, 5) is 1.25. The molecule has 0 saturated carbocycles. The van der Waals surface area contributed by atoms with E-state index in [1.165, 1.54) is 10.4 Å². The van der Waals surface area contributed by atoms with Crippen LogP contribution in [0.25, 0.3) is 0 Å². The van der Waals surface area contributed by atoms with Gasteiger partial charge in [-0.1, -0.05) is 23.7 Å². The Balaban J connectivity index is 1.85. The molecule has 2 nitrogen and oxygen atoms in total. The summed E-state index contributed by atoms with van der Waals surface area (Å²) < 4.78 is 6.52. The van der Waals surface area contributed by atoms with Crippen molar-refractivity contribution < 1.29 is 4.74 Å². The smallest absolute Gasteiger partial charge is 0.120 e. The average Bonchev–Trinajstić information content (AvgIpc) is 2.75. The van der Waals surface area contributed by atoms with E-state index in [9.17, 15) is 0 Å². The monoisotopic (exact) mass is 295 g/mol. The quantitative estimate of drug-likeness (QED) is 0.848. The van der Waals surface area contributed by atoms with Gasteiger partial charge in [0.15, 0.2) is 0 Å². The van der Waals surface area contributed by atoms with Crippen molar-refractivity contribution in [3.8, 4) is 5.75 Å². The van der Waals surface area contributed by atoms with Crippen LogP contribution in [-0.4, -0.2) is 6.10 Å². The molecule has 0 radical (unpaired) electrons. The Hall–Kier alpha value is -1.03. The number of halogens is 1. The Morgan fingerprint density at radius 2 is 2.05 bits per heavy atom. The number of nitrogens with one attached hydrogen (secondary N) is 1. The number of thiophene rings is 1. The molecule has 0 saturated heterocycles. The zero-order valence-corrected chi connectivity index (χ0v) is 12.7. The molecule has 0 aliphatic heterocycles. The van der Waals surface area contributed by atoms with Gasteiger partial charge in [0.1, 0.15) is 5.75 Å². The number of hydrogen-bond donors (Lipinski definition) is 1. The van der Waals surface area contributed by atoms with E-state index in [1.807, 2.05) is 32.0 Å². The molecule has 102 valence electrons. The van der Waals surface area contributed by atoms with Gasteiger partial charge in [0, 0.05) is 18.0 Å². The molecular formula is C15H18ClNOS. The first-order valence-corrected chi connectivity index (χ1v) is 7.53. The molecule has 4 heteroatoms. The Kier molecular flexibility index (Phi) is 5.25. The fraction of sp³-hybridized carbons (Fsp3) is 0.333. The standard InChI is InChI=1S/C15H18ClNOS/c1-11(2)18-13-5-3-4-12(8-13)9-17-10-14-6-7-15(16)19-14/h3-8,11,17H,9-10H2,1-2H3. The van der Waals surface area contributed by atoms with Crippen LogP contribution >= 0.6 is 22.9 Å². The second-order valence-corrected chi connectivity index (χ2v) is 6.42.